The summed E-state index contributed by atoms with van der Waals surface area (Å²) >= 11 is 0.956. The predicted octanol–water partition coefficient (Wildman–Crippen LogP) is 3.19. The monoisotopic (exact) mass is 471 g/mol. The molecule has 2 heterocycles. The molecule has 0 saturated heterocycles. The lowest BCUT2D eigenvalue weighted by Gasteiger charge is -2.08. The van der Waals surface area contributed by atoms with Gasteiger partial charge in [0.1, 0.15) is 5.00 Å². The van der Waals surface area contributed by atoms with Crippen LogP contribution >= 0.6 is 11.3 Å². The van der Waals surface area contributed by atoms with Gasteiger partial charge in [0.15, 0.2) is 6.61 Å². The third kappa shape index (κ3) is 5.58. The van der Waals surface area contributed by atoms with Gasteiger partial charge >= 0.3 is 11.9 Å². The van der Waals surface area contributed by atoms with Gasteiger partial charge in [-0.2, -0.15) is 0 Å². The summed E-state index contributed by atoms with van der Waals surface area (Å²) in [6, 6.07) is 7.77. The fraction of sp³-hybridized carbons (Fsp3) is 0.304. The first-order valence-corrected chi connectivity index (χ1v) is 11.2. The van der Waals surface area contributed by atoms with Crippen LogP contribution in [0.2, 0.25) is 0 Å². The zero-order valence-corrected chi connectivity index (χ0v) is 19.4. The Kier molecular flexibility index (Phi) is 7.83. The first-order valence-electron chi connectivity index (χ1n) is 10.4. The number of esters is 2. The summed E-state index contributed by atoms with van der Waals surface area (Å²) in [7, 11) is 1.47. The number of H-pyrrole nitrogens is 1. The van der Waals surface area contributed by atoms with Gasteiger partial charge in [0.2, 0.25) is 0 Å². The standard InChI is InChI=1S/C23H25N3O6S/c1-4-31-23(30)19-13(2)20(21(29)24-3)33-22(19)26-17(27)12-32-18(28)10-9-14-11-25-16-8-6-5-7-15(14)16/h5-8,11,25H,4,9-10,12H2,1-3H3,(H,24,29)(H,26,27). The molecule has 0 atom stereocenters. The van der Waals surface area contributed by atoms with E-state index in [1.54, 1.807) is 13.8 Å². The summed E-state index contributed by atoms with van der Waals surface area (Å²) in [5.74, 6) is -2.17. The molecule has 3 N–H and O–H groups in total. The van der Waals surface area contributed by atoms with Crippen molar-refractivity contribution in [3.05, 3.63) is 52.0 Å². The van der Waals surface area contributed by atoms with Crippen LogP contribution in [-0.2, 0) is 25.5 Å². The molecule has 9 nitrogen and oxygen atoms in total. The van der Waals surface area contributed by atoms with Crippen molar-refractivity contribution in [2.24, 2.45) is 0 Å². The molecule has 3 aromatic rings. The Morgan fingerprint density at radius 1 is 1.12 bits per heavy atom. The summed E-state index contributed by atoms with van der Waals surface area (Å²) in [4.78, 5) is 52.4. The van der Waals surface area contributed by atoms with Crippen molar-refractivity contribution < 1.29 is 28.7 Å². The van der Waals surface area contributed by atoms with Crippen LogP contribution in [0.5, 0.6) is 0 Å². The number of anilines is 1. The summed E-state index contributed by atoms with van der Waals surface area (Å²) in [5, 5.41) is 6.26. The van der Waals surface area contributed by atoms with E-state index < -0.39 is 24.5 Å². The Morgan fingerprint density at radius 3 is 2.61 bits per heavy atom. The van der Waals surface area contributed by atoms with Crippen molar-refractivity contribution in [2.45, 2.75) is 26.7 Å². The Morgan fingerprint density at radius 2 is 1.88 bits per heavy atom. The highest BCUT2D eigenvalue weighted by atomic mass is 32.1. The van der Waals surface area contributed by atoms with Gasteiger partial charge in [0, 0.05) is 30.6 Å². The lowest BCUT2D eigenvalue weighted by Crippen LogP contribution is -2.22. The molecule has 174 valence electrons. The van der Waals surface area contributed by atoms with E-state index >= 15 is 0 Å². The molecule has 1 aromatic carbocycles. The second-order valence-corrected chi connectivity index (χ2v) is 8.15. The van der Waals surface area contributed by atoms with Gasteiger partial charge in [-0.05, 0) is 37.5 Å². The molecule has 0 saturated carbocycles. The van der Waals surface area contributed by atoms with Gasteiger partial charge in [0.05, 0.1) is 17.0 Å². The minimum Gasteiger partial charge on any atom is -0.462 e. The Balaban J connectivity index is 1.60. The van der Waals surface area contributed by atoms with Crippen LogP contribution in [-0.4, -0.2) is 49.0 Å². The minimum absolute atomic E-state index is 0.111. The van der Waals surface area contributed by atoms with Crippen LogP contribution in [0, 0.1) is 6.92 Å². The number of hydrogen-bond acceptors (Lipinski definition) is 7. The van der Waals surface area contributed by atoms with Crippen LogP contribution in [0.25, 0.3) is 10.9 Å². The molecule has 0 aliphatic rings. The number of para-hydroxylation sites is 1. The molecule has 2 aromatic heterocycles. The number of hydrogen-bond donors (Lipinski definition) is 3. The van der Waals surface area contributed by atoms with E-state index in [0.717, 1.165) is 27.8 Å². The van der Waals surface area contributed by atoms with E-state index in [1.807, 2.05) is 30.5 Å². The first-order chi connectivity index (χ1) is 15.8. The molecule has 0 fully saturated rings. The van der Waals surface area contributed by atoms with Crippen molar-refractivity contribution >= 4 is 51.0 Å². The molecule has 0 bridgehead atoms. The summed E-state index contributed by atoms with van der Waals surface area (Å²) in [6.07, 6.45) is 2.43. The molecule has 0 unspecified atom stereocenters. The van der Waals surface area contributed by atoms with Gasteiger partial charge in [-0.25, -0.2) is 4.79 Å². The summed E-state index contributed by atoms with van der Waals surface area (Å²) in [5.41, 5.74) is 2.49. The zero-order valence-electron chi connectivity index (χ0n) is 18.6. The zero-order chi connectivity index (χ0) is 24.0. The maximum Gasteiger partial charge on any atom is 0.341 e. The van der Waals surface area contributed by atoms with Gasteiger partial charge < -0.3 is 25.1 Å². The van der Waals surface area contributed by atoms with Crippen molar-refractivity contribution in [3.63, 3.8) is 0 Å². The van der Waals surface area contributed by atoms with Crippen molar-refractivity contribution in [2.75, 3.05) is 25.6 Å². The average molecular weight is 472 g/mol. The average Bonchev–Trinajstić information content (AvgIpc) is 3.36. The van der Waals surface area contributed by atoms with E-state index in [1.165, 1.54) is 7.05 Å². The number of amides is 2. The number of benzene rings is 1. The largest absolute Gasteiger partial charge is 0.462 e. The van der Waals surface area contributed by atoms with Gasteiger partial charge in [-0.1, -0.05) is 18.2 Å². The smallest absolute Gasteiger partial charge is 0.341 e. The Bertz CT molecular complexity index is 1200. The lowest BCUT2D eigenvalue weighted by atomic mass is 10.1. The molecule has 0 spiro atoms. The minimum atomic E-state index is -0.646. The highest BCUT2D eigenvalue weighted by molar-refractivity contribution is 7.18. The number of fused-ring (bicyclic) bond motifs is 1. The molecule has 0 radical (unpaired) electrons. The van der Waals surface area contributed by atoms with Crippen molar-refractivity contribution in [1.29, 1.82) is 0 Å². The van der Waals surface area contributed by atoms with Crippen LogP contribution in [0.1, 0.15) is 44.5 Å². The number of ether oxygens (including phenoxy) is 2. The maximum absolute atomic E-state index is 12.4. The SMILES string of the molecule is CCOC(=O)c1c(NC(=O)COC(=O)CCc2c[nH]c3ccccc23)sc(C(=O)NC)c1C. The number of nitrogens with one attached hydrogen (secondary N) is 3. The van der Waals surface area contributed by atoms with E-state index in [2.05, 4.69) is 15.6 Å². The topological polar surface area (TPSA) is 127 Å². The van der Waals surface area contributed by atoms with E-state index in [-0.39, 0.29) is 34.4 Å². The molecule has 10 heteroatoms. The van der Waals surface area contributed by atoms with Crippen LogP contribution in [0.15, 0.2) is 30.5 Å². The third-order valence-electron chi connectivity index (χ3n) is 4.95. The molecule has 0 aliphatic carbocycles. The molecule has 3 rings (SSSR count). The fourth-order valence-electron chi connectivity index (χ4n) is 3.34. The Labute approximate surface area is 194 Å². The highest BCUT2D eigenvalue weighted by Crippen LogP contribution is 2.33. The van der Waals surface area contributed by atoms with Crippen molar-refractivity contribution in [1.82, 2.24) is 10.3 Å². The fourth-order valence-corrected chi connectivity index (χ4v) is 4.49. The number of carbonyl (C=O) groups excluding carboxylic acids is 4. The van der Waals surface area contributed by atoms with Gasteiger partial charge in [-0.3, -0.25) is 14.4 Å². The number of aromatic amines is 1. The highest BCUT2D eigenvalue weighted by Gasteiger charge is 2.26. The first kappa shape index (κ1) is 24.0. The molecule has 2 amide bonds. The quantitative estimate of drug-likeness (QED) is 0.412. The molecule has 0 aliphatic heterocycles. The van der Waals surface area contributed by atoms with E-state index in [0.29, 0.717) is 12.0 Å². The number of aryl methyl sites for hydroxylation is 1. The number of aromatic nitrogens is 1. The van der Waals surface area contributed by atoms with Crippen LogP contribution < -0.4 is 10.6 Å². The molecule has 33 heavy (non-hydrogen) atoms. The van der Waals surface area contributed by atoms with E-state index in [9.17, 15) is 19.2 Å². The third-order valence-corrected chi connectivity index (χ3v) is 6.16. The second kappa shape index (κ2) is 10.8. The summed E-state index contributed by atoms with van der Waals surface area (Å²) < 4.78 is 10.1. The maximum atomic E-state index is 12.4. The van der Waals surface area contributed by atoms with Crippen molar-refractivity contribution in [3.8, 4) is 0 Å². The molecular weight excluding hydrogens is 446 g/mol. The van der Waals surface area contributed by atoms with Crippen LogP contribution in [0.4, 0.5) is 5.00 Å². The number of carbonyl (C=O) groups is 4. The Hall–Kier alpha value is -3.66. The van der Waals surface area contributed by atoms with E-state index in [4.69, 9.17) is 9.47 Å². The van der Waals surface area contributed by atoms with Gasteiger partial charge in [-0.15, -0.1) is 11.3 Å². The predicted molar refractivity (Wildman–Crippen MR) is 125 cm³/mol. The normalized spacial score (nSPS) is 10.6. The number of rotatable bonds is 9. The molecular formula is C23H25N3O6S. The van der Waals surface area contributed by atoms with Crippen LogP contribution in [0.3, 0.4) is 0 Å². The van der Waals surface area contributed by atoms with Gasteiger partial charge in [0.25, 0.3) is 11.8 Å². The summed E-state index contributed by atoms with van der Waals surface area (Å²) in [6.45, 7) is 2.90. The second-order valence-electron chi connectivity index (χ2n) is 7.13. The number of thiophene rings is 1. The lowest BCUT2D eigenvalue weighted by molar-refractivity contribution is -0.147.